The number of amides is 2. The zero-order valence-corrected chi connectivity index (χ0v) is 26.5. The van der Waals surface area contributed by atoms with Crippen LogP contribution in [0.5, 0.6) is 0 Å². The van der Waals surface area contributed by atoms with E-state index < -0.39 is 28.5 Å². The first-order chi connectivity index (χ1) is 20.0. The Kier molecular flexibility index (Phi) is 10.6. The molecule has 0 bridgehead atoms. The number of carbonyl (C=O) groups is 2. The zero-order chi connectivity index (χ0) is 30.4. The van der Waals surface area contributed by atoms with Gasteiger partial charge >= 0.3 is 0 Å². The summed E-state index contributed by atoms with van der Waals surface area (Å²) in [5.41, 5.74) is 2.55. The molecule has 3 aromatic rings. The SMILES string of the molecule is Cc1cc(C)cc(N(CC(=O)N(Cc2c(Cl)cccc2Cl)C(C)C(=O)NC2CCCCC2)S(=O)(=O)c2ccccc2)c1. The third kappa shape index (κ3) is 7.65. The standard InChI is InChI=1S/C32H37Cl2N3O4S/c1-22-17-23(2)19-26(18-22)37(42(40,41)27-13-8-5-9-14-27)21-31(38)36(20-28-29(33)15-10-16-30(28)34)24(3)32(39)35-25-11-6-4-7-12-25/h5,8-10,13-19,24-25H,4,6-7,11-12,20-21H2,1-3H3,(H,35,39). The van der Waals surface area contributed by atoms with Gasteiger partial charge in [-0.2, -0.15) is 0 Å². The Morgan fingerprint density at radius 1 is 0.905 bits per heavy atom. The molecule has 42 heavy (non-hydrogen) atoms. The van der Waals surface area contributed by atoms with Crippen LogP contribution >= 0.6 is 23.2 Å². The molecule has 1 atom stereocenters. The number of halogens is 2. The quantitative estimate of drug-likeness (QED) is 0.271. The van der Waals surface area contributed by atoms with Crippen LogP contribution in [0, 0.1) is 13.8 Å². The maximum atomic E-state index is 14.2. The summed E-state index contributed by atoms with van der Waals surface area (Å²) in [6, 6.07) is 17.6. The van der Waals surface area contributed by atoms with E-state index in [1.807, 2.05) is 19.9 Å². The van der Waals surface area contributed by atoms with Gasteiger partial charge in [-0.05, 0) is 81.1 Å². The van der Waals surface area contributed by atoms with Crippen molar-refractivity contribution in [2.45, 2.75) is 76.4 Å². The van der Waals surface area contributed by atoms with E-state index in [4.69, 9.17) is 23.2 Å². The Morgan fingerprint density at radius 3 is 2.10 bits per heavy atom. The normalized spacial score (nSPS) is 14.7. The van der Waals surface area contributed by atoms with Crippen LogP contribution in [0.4, 0.5) is 5.69 Å². The highest BCUT2D eigenvalue weighted by Gasteiger charge is 2.34. The predicted molar refractivity (Wildman–Crippen MR) is 168 cm³/mol. The van der Waals surface area contributed by atoms with E-state index in [0.29, 0.717) is 21.3 Å². The summed E-state index contributed by atoms with van der Waals surface area (Å²) in [6.45, 7) is 4.80. The Bertz CT molecular complexity index is 1490. The number of hydrogen-bond donors (Lipinski definition) is 1. The number of aryl methyl sites for hydroxylation is 2. The number of nitrogens with one attached hydrogen (secondary N) is 1. The second-order valence-corrected chi connectivity index (χ2v) is 13.6. The van der Waals surface area contributed by atoms with Gasteiger partial charge in [-0.15, -0.1) is 0 Å². The van der Waals surface area contributed by atoms with Crippen LogP contribution in [0.2, 0.25) is 10.0 Å². The first-order valence-corrected chi connectivity index (χ1v) is 16.4. The van der Waals surface area contributed by atoms with E-state index >= 15 is 0 Å². The van der Waals surface area contributed by atoms with Crippen molar-refractivity contribution >= 4 is 50.7 Å². The van der Waals surface area contributed by atoms with E-state index in [1.54, 1.807) is 55.5 Å². The average molecular weight is 631 g/mol. The molecule has 0 aromatic heterocycles. The number of sulfonamides is 1. The average Bonchev–Trinajstić information content (AvgIpc) is 2.95. The lowest BCUT2D eigenvalue weighted by molar-refractivity contribution is -0.139. The molecule has 1 unspecified atom stereocenters. The fourth-order valence-electron chi connectivity index (χ4n) is 5.35. The lowest BCUT2D eigenvalue weighted by Crippen LogP contribution is -2.53. The van der Waals surface area contributed by atoms with Crippen LogP contribution in [-0.4, -0.2) is 43.8 Å². The molecule has 224 valence electrons. The zero-order valence-electron chi connectivity index (χ0n) is 24.1. The lowest BCUT2D eigenvalue weighted by Gasteiger charge is -2.33. The van der Waals surface area contributed by atoms with Crippen molar-refractivity contribution < 1.29 is 18.0 Å². The molecule has 1 N–H and O–H groups in total. The van der Waals surface area contributed by atoms with Crippen LogP contribution in [0.3, 0.4) is 0 Å². The number of carbonyl (C=O) groups excluding carboxylic acids is 2. The summed E-state index contributed by atoms with van der Waals surface area (Å²) >= 11 is 13.0. The second kappa shape index (κ2) is 13.9. The van der Waals surface area contributed by atoms with Crippen molar-refractivity contribution in [1.82, 2.24) is 10.2 Å². The van der Waals surface area contributed by atoms with Gasteiger partial charge in [-0.1, -0.05) is 72.8 Å². The highest BCUT2D eigenvalue weighted by Crippen LogP contribution is 2.29. The van der Waals surface area contributed by atoms with Crippen molar-refractivity contribution in [3.63, 3.8) is 0 Å². The molecular formula is C32H37Cl2N3O4S. The Labute approximate surface area is 258 Å². The highest BCUT2D eigenvalue weighted by atomic mass is 35.5. The molecule has 0 radical (unpaired) electrons. The van der Waals surface area contributed by atoms with Gasteiger partial charge in [0.15, 0.2) is 0 Å². The molecule has 4 rings (SSSR count). The van der Waals surface area contributed by atoms with Gasteiger partial charge < -0.3 is 10.2 Å². The molecule has 0 aliphatic heterocycles. The van der Waals surface area contributed by atoms with Crippen LogP contribution in [0.15, 0.2) is 71.6 Å². The summed E-state index contributed by atoms with van der Waals surface area (Å²) in [5, 5.41) is 3.79. The van der Waals surface area contributed by atoms with E-state index in [0.717, 1.165) is 47.5 Å². The van der Waals surface area contributed by atoms with Crippen molar-refractivity contribution in [3.8, 4) is 0 Å². The molecule has 1 fully saturated rings. The third-order valence-electron chi connectivity index (χ3n) is 7.61. The molecule has 1 saturated carbocycles. The van der Waals surface area contributed by atoms with E-state index in [1.165, 1.54) is 17.0 Å². The fraction of sp³-hybridized carbons (Fsp3) is 0.375. The Morgan fingerprint density at radius 2 is 1.50 bits per heavy atom. The smallest absolute Gasteiger partial charge is 0.264 e. The number of hydrogen-bond acceptors (Lipinski definition) is 4. The minimum absolute atomic E-state index is 0.0415. The van der Waals surface area contributed by atoms with Gasteiger partial charge in [0.05, 0.1) is 10.6 Å². The van der Waals surface area contributed by atoms with Crippen molar-refractivity contribution in [2.24, 2.45) is 0 Å². The number of rotatable bonds is 10. The monoisotopic (exact) mass is 629 g/mol. The maximum absolute atomic E-state index is 14.2. The van der Waals surface area contributed by atoms with E-state index in [2.05, 4.69) is 5.32 Å². The first kappa shape index (κ1) is 31.9. The van der Waals surface area contributed by atoms with Crippen molar-refractivity contribution in [3.05, 3.63) is 93.5 Å². The third-order valence-corrected chi connectivity index (χ3v) is 10.1. The van der Waals surface area contributed by atoms with Gasteiger partial charge in [0.2, 0.25) is 11.8 Å². The minimum Gasteiger partial charge on any atom is -0.352 e. The number of anilines is 1. The summed E-state index contributed by atoms with van der Waals surface area (Å²) in [6.07, 6.45) is 5.00. The fourth-order valence-corrected chi connectivity index (χ4v) is 7.28. The van der Waals surface area contributed by atoms with Gasteiger partial charge in [-0.3, -0.25) is 13.9 Å². The molecule has 7 nitrogen and oxygen atoms in total. The lowest BCUT2D eigenvalue weighted by atomic mass is 9.95. The summed E-state index contributed by atoms with van der Waals surface area (Å²) in [7, 11) is -4.14. The molecule has 2 amide bonds. The highest BCUT2D eigenvalue weighted by molar-refractivity contribution is 7.92. The molecule has 10 heteroatoms. The van der Waals surface area contributed by atoms with Crippen molar-refractivity contribution in [2.75, 3.05) is 10.8 Å². The topological polar surface area (TPSA) is 86.8 Å². The van der Waals surface area contributed by atoms with Gasteiger partial charge in [0, 0.05) is 28.2 Å². The van der Waals surface area contributed by atoms with Crippen LogP contribution in [0.25, 0.3) is 0 Å². The molecule has 0 spiro atoms. The van der Waals surface area contributed by atoms with Crippen molar-refractivity contribution in [1.29, 1.82) is 0 Å². The Balaban J connectivity index is 1.72. The molecule has 1 aliphatic rings. The summed E-state index contributed by atoms with van der Waals surface area (Å²) in [5.74, 6) is -0.863. The van der Waals surface area contributed by atoms with Crippen LogP contribution < -0.4 is 9.62 Å². The van der Waals surface area contributed by atoms with Gasteiger partial charge in [0.25, 0.3) is 10.0 Å². The van der Waals surface area contributed by atoms with Crippen LogP contribution in [-0.2, 0) is 26.2 Å². The van der Waals surface area contributed by atoms with E-state index in [-0.39, 0.29) is 23.4 Å². The van der Waals surface area contributed by atoms with Gasteiger partial charge in [0.1, 0.15) is 12.6 Å². The molecule has 0 saturated heterocycles. The molecule has 0 heterocycles. The molecular weight excluding hydrogens is 593 g/mol. The van der Waals surface area contributed by atoms with Crippen LogP contribution in [0.1, 0.15) is 55.7 Å². The molecule has 1 aliphatic carbocycles. The minimum atomic E-state index is -4.14. The largest absolute Gasteiger partial charge is 0.352 e. The second-order valence-electron chi connectivity index (χ2n) is 10.9. The number of nitrogens with zero attached hydrogens (tertiary/aromatic N) is 2. The maximum Gasteiger partial charge on any atom is 0.264 e. The van der Waals surface area contributed by atoms with E-state index in [9.17, 15) is 18.0 Å². The predicted octanol–water partition coefficient (Wildman–Crippen LogP) is 6.67. The first-order valence-electron chi connectivity index (χ1n) is 14.2. The summed E-state index contributed by atoms with van der Waals surface area (Å²) < 4.78 is 29.1. The summed E-state index contributed by atoms with van der Waals surface area (Å²) in [4.78, 5) is 29.1. The van der Waals surface area contributed by atoms with Gasteiger partial charge in [-0.25, -0.2) is 8.42 Å². The Hall–Kier alpha value is -3.07. The molecule has 3 aromatic carbocycles. The number of benzene rings is 3.